The Labute approximate surface area is 70.3 Å². The van der Waals surface area contributed by atoms with E-state index in [0.29, 0.717) is 0 Å². The van der Waals surface area contributed by atoms with Crippen LogP contribution in [0.5, 0.6) is 0 Å². The first-order valence-electron chi connectivity index (χ1n) is 3.22. The standard InChI is InChI=1S/C7H11N3S/c1-10-7-3-2-5(11-9)4-6(7)8/h2-4,10H,8-9H2,1H3. The highest BCUT2D eigenvalue weighted by Crippen LogP contribution is 2.22. The highest BCUT2D eigenvalue weighted by molar-refractivity contribution is 7.97. The summed E-state index contributed by atoms with van der Waals surface area (Å²) in [6.45, 7) is 0. The summed E-state index contributed by atoms with van der Waals surface area (Å²) in [5, 5.41) is 8.32. The third-order valence-corrected chi connectivity index (χ3v) is 1.95. The van der Waals surface area contributed by atoms with Gasteiger partial charge in [0.05, 0.1) is 11.4 Å². The van der Waals surface area contributed by atoms with E-state index in [4.69, 9.17) is 10.9 Å². The molecule has 0 bridgehead atoms. The van der Waals surface area contributed by atoms with Crippen molar-refractivity contribution in [1.29, 1.82) is 0 Å². The number of rotatable bonds is 2. The molecule has 1 aromatic carbocycles. The number of nitrogens with two attached hydrogens (primary N) is 2. The molecular formula is C7H11N3S. The lowest BCUT2D eigenvalue weighted by Gasteiger charge is -2.04. The van der Waals surface area contributed by atoms with Crippen LogP contribution in [0.2, 0.25) is 0 Å². The Morgan fingerprint density at radius 1 is 1.45 bits per heavy atom. The number of hydrogen-bond acceptors (Lipinski definition) is 4. The van der Waals surface area contributed by atoms with Crippen LogP contribution < -0.4 is 16.2 Å². The van der Waals surface area contributed by atoms with Gasteiger partial charge < -0.3 is 11.1 Å². The van der Waals surface area contributed by atoms with Gasteiger partial charge in [0.2, 0.25) is 0 Å². The molecule has 0 aliphatic rings. The minimum Gasteiger partial charge on any atom is -0.397 e. The molecule has 0 spiro atoms. The smallest absolute Gasteiger partial charge is 0.0572 e. The lowest BCUT2D eigenvalue weighted by molar-refractivity contribution is 1.42. The Hall–Kier alpha value is -0.870. The number of nitrogen functional groups attached to an aromatic ring is 1. The van der Waals surface area contributed by atoms with Gasteiger partial charge in [0.1, 0.15) is 0 Å². The number of benzene rings is 1. The molecule has 0 saturated carbocycles. The van der Waals surface area contributed by atoms with Crippen molar-refractivity contribution in [1.82, 2.24) is 0 Å². The van der Waals surface area contributed by atoms with Gasteiger partial charge in [0, 0.05) is 11.9 Å². The van der Waals surface area contributed by atoms with Gasteiger partial charge in [0.15, 0.2) is 0 Å². The minimum atomic E-state index is 0.725. The summed E-state index contributed by atoms with van der Waals surface area (Å²) in [6, 6.07) is 5.67. The fraction of sp³-hybridized carbons (Fsp3) is 0.143. The Morgan fingerprint density at radius 2 is 2.18 bits per heavy atom. The summed E-state index contributed by atoms with van der Waals surface area (Å²) >= 11 is 1.19. The quantitative estimate of drug-likeness (QED) is 0.461. The Bertz CT molecular complexity index is 249. The molecule has 11 heavy (non-hydrogen) atoms. The first kappa shape index (κ1) is 8.23. The van der Waals surface area contributed by atoms with Crippen LogP contribution in [0.4, 0.5) is 11.4 Å². The van der Waals surface area contributed by atoms with Crippen molar-refractivity contribution in [3.05, 3.63) is 18.2 Å². The summed E-state index contributed by atoms with van der Waals surface area (Å²) in [7, 11) is 1.83. The van der Waals surface area contributed by atoms with Crippen LogP contribution in [0, 0.1) is 0 Å². The number of hydrogen-bond donors (Lipinski definition) is 3. The van der Waals surface area contributed by atoms with Crippen molar-refractivity contribution in [2.24, 2.45) is 5.14 Å². The lowest BCUT2D eigenvalue weighted by Crippen LogP contribution is -1.95. The van der Waals surface area contributed by atoms with Crippen LogP contribution >= 0.6 is 11.9 Å². The second-order valence-electron chi connectivity index (χ2n) is 2.12. The normalized spacial score (nSPS) is 9.64. The van der Waals surface area contributed by atoms with Crippen LogP contribution in [-0.2, 0) is 0 Å². The molecule has 60 valence electrons. The largest absolute Gasteiger partial charge is 0.397 e. The molecule has 0 atom stereocenters. The first-order valence-corrected chi connectivity index (χ1v) is 4.10. The van der Waals surface area contributed by atoms with Crippen LogP contribution in [-0.4, -0.2) is 7.05 Å². The number of anilines is 2. The molecule has 0 fully saturated rings. The zero-order chi connectivity index (χ0) is 8.27. The minimum absolute atomic E-state index is 0.725. The summed E-state index contributed by atoms with van der Waals surface area (Å²) in [5.41, 5.74) is 7.33. The summed E-state index contributed by atoms with van der Waals surface area (Å²) in [5.74, 6) is 0. The maximum Gasteiger partial charge on any atom is 0.0572 e. The van der Waals surface area contributed by atoms with Gasteiger partial charge in [-0.1, -0.05) is 0 Å². The molecule has 0 unspecified atom stereocenters. The molecule has 0 heterocycles. The average Bonchev–Trinajstić information content (AvgIpc) is 2.04. The molecule has 0 aromatic heterocycles. The van der Waals surface area contributed by atoms with Gasteiger partial charge in [-0.3, -0.25) is 5.14 Å². The second kappa shape index (κ2) is 3.50. The zero-order valence-electron chi connectivity index (χ0n) is 6.29. The SMILES string of the molecule is CNc1ccc(SN)cc1N. The van der Waals surface area contributed by atoms with Crippen molar-refractivity contribution < 1.29 is 0 Å². The molecular weight excluding hydrogens is 158 g/mol. The van der Waals surface area contributed by atoms with E-state index in [0.717, 1.165) is 16.3 Å². The van der Waals surface area contributed by atoms with E-state index in [2.05, 4.69) is 5.32 Å². The van der Waals surface area contributed by atoms with Crippen molar-refractivity contribution in [3.63, 3.8) is 0 Å². The molecule has 0 aliphatic carbocycles. The number of nitrogens with one attached hydrogen (secondary N) is 1. The van der Waals surface area contributed by atoms with Crippen molar-refractivity contribution in [3.8, 4) is 0 Å². The average molecular weight is 169 g/mol. The molecule has 0 saturated heterocycles. The second-order valence-corrected chi connectivity index (χ2v) is 2.82. The predicted octanol–water partition coefficient (Wildman–Crippen LogP) is 1.28. The topological polar surface area (TPSA) is 64.1 Å². The van der Waals surface area contributed by atoms with E-state index in [-0.39, 0.29) is 0 Å². The third kappa shape index (κ3) is 1.78. The van der Waals surface area contributed by atoms with Crippen molar-refractivity contribution >= 4 is 23.3 Å². The van der Waals surface area contributed by atoms with Gasteiger partial charge in [-0.2, -0.15) is 0 Å². The van der Waals surface area contributed by atoms with Crippen molar-refractivity contribution in [2.75, 3.05) is 18.1 Å². The Morgan fingerprint density at radius 3 is 2.64 bits per heavy atom. The van der Waals surface area contributed by atoms with E-state index in [9.17, 15) is 0 Å². The van der Waals surface area contributed by atoms with E-state index < -0.39 is 0 Å². The van der Waals surface area contributed by atoms with Crippen LogP contribution in [0.1, 0.15) is 0 Å². The van der Waals surface area contributed by atoms with E-state index >= 15 is 0 Å². The monoisotopic (exact) mass is 169 g/mol. The zero-order valence-corrected chi connectivity index (χ0v) is 7.11. The highest BCUT2D eigenvalue weighted by atomic mass is 32.2. The van der Waals surface area contributed by atoms with E-state index in [1.165, 1.54) is 11.9 Å². The summed E-state index contributed by atoms with van der Waals surface area (Å²) in [6.07, 6.45) is 0. The Kier molecular flexibility index (Phi) is 2.62. The van der Waals surface area contributed by atoms with Gasteiger partial charge in [0.25, 0.3) is 0 Å². The van der Waals surface area contributed by atoms with E-state index in [1.54, 1.807) is 0 Å². The van der Waals surface area contributed by atoms with Crippen molar-refractivity contribution in [2.45, 2.75) is 4.90 Å². The van der Waals surface area contributed by atoms with Gasteiger partial charge >= 0.3 is 0 Å². The van der Waals surface area contributed by atoms with Crippen LogP contribution in [0.3, 0.4) is 0 Å². The fourth-order valence-corrected chi connectivity index (χ4v) is 1.18. The summed E-state index contributed by atoms with van der Waals surface area (Å²) < 4.78 is 0. The first-order chi connectivity index (χ1) is 5.27. The third-order valence-electron chi connectivity index (χ3n) is 1.43. The Balaban J connectivity index is 2.99. The molecule has 4 heteroatoms. The van der Waals surface area contributed by atoms with Gasteiger partial charge in [-0.15, -0.1) is 0 Å². The lowest BCUT2D eigenvalue weighted by atomic mass is 10.3. The maximum atomic E-state index is 5.68. The maximum absolute atomic E-state index is 5.68. The van der Waals surface area contributed by atoms with E-state index in [1.807, 2.05) is 25.2 Å². The molecule has 0 radical (unpaired) electrons. The van der Waals surface area contributed by atoms with Gasteiger partial charge in [-0.25, -0.2) is 0 Å². The molecule has 0 amide bonds. The molecule has 5 N–H and O–H groups in total. The highest BCUT2D eigenvalue weighted by Gasteiger charge is 1.96. The molecule has 0 aliphatic heterocycles. The molecule has 1 aromatic rings. The molecule has 3 nitrogen and oxygen atoms in total. The van der Waals surface area contributed by atoms with Crippen LogP contribution in [0.25, 0.3) is 0 Å². The fourth-order valence-electron chi connectivity index (χ4n) is 0.842. The van der Waals surface area contributed by atoms with Crippen LogP contribution in [0.15, 0.2) is 23.1 Å². The predicted molar refractivity (Wildman–Crippen MR) is 50.4 cm³/mol. The molecule has 1 rings (SSSR count). The van der Waals surface area contributed by atoms with Gasteiger partial charge in [-0.05, 0) is 30.1 Å². The summed E-state index contributed by atoms with van der Waals surface area (Å²) in [4.78, 5) is 0.974.